The van der Waals surface area contributed by atoms with Crippen LogP contribution in [0.15, 0.2) is 42.6 Å². The number of anilines is 1. The molecule has 0 unspecified atom stereocenters. The van der Waals surface area contributed by atoms with E-state index < -0.39 is 10.8 Å². The second-order valence-corrected chi connectivity index (χ2v) is 8.28. The first-order valence-corrected chi connectivity index (χ1v) is 10.3. The number of rotatable bonds is 4. The van der Waals surface area contributed by atoms with Crippen molar-refractivity contribution in [2.24, 2.45) is 0 Å². The molecule has 0 aliphatic carbocycles. The van der Waals surface area contributed by atoms with E-state index in [4.69, 9.17) is 16.3 Å². The van der Waals surface area contributed by atoms with Crippen molar-refractivity contribution in [3.8, 4) is 17.4 Å². The number of fused-ring (bicyclic) bond motifs is 2. The maximum absolute atomic E-state index is 14.3. The van der Waals surface area contributed by atoms with E-state index in [0.717, 1.165) is 0 Å². The van der Waals surface area contributed by atoms with Crippen LogP contribution in [0.5, 0.6) is 5.88 Å². The smallest absolute Gasteiger partial charge is 0.395 e. The van der Waals surface area contributed by atoms with E-state index in [0.29, 0.717) is 27.9 Å². The standard InChI is InChI=1S/C22H16ClFN6O3/c1-22(2)14-16(28-20(22)31)26-17(27-19(14)33-21(23)32)15-12-7-5-9-25-18(12)30(29-15)10-11-6-3-4-8-13(11)24/h3-9H,10H2,1-2H3,(H,26,27,28,31). The quantitative estimate of drug-likeness (QED) is 0.451. The predicted octanol–water partition coefficient (Wildman–Crippen LogP) is 4.04. The molecule has 33 heavy (non-hydrogen) atoms. The lowest BCUT2D eigenvalue weighted by Gasteiger charge is -2.16. The maximum Gasteiger partial charge on any atom is 0.410 e. The summed E-state index contributed by atoms with van der Waals surface area (Å²) < 4.78 is 20.9. The fraction of sp³-hybridized carbons (Fsp3) is 0.182. The summed E-state index contributed by atoms with van der Waals surface area (Å²) >= 11 is 5.45. The monoisotopic (exact) mass is 466 g/mol. The fourth-order valence-electron chi connectivity index (χ4n) is 3.80. The fourth-order valence-corrected chi connectivity index (χ4v) is 3.87. The molecule has 1 amide bonds. The number of nitrogens with one attached hydrogen (secondary N) is 1. The summed E-state index contributed by atoms with van der Waals surface area (Å²) in [5.74, 6) is -0.547. The van der Waals surface area contributed by atoms with E-state index in [1.165, 1.54) is 10.7 Å². The molecule has 4 heterocycles. The lowest BCUT2D eigenvalue weighted by atomic mass is 9.87. The van der Waals surface area contributed by atoms with Crippen LogP contribution in [0.25, 0.3) is 22.6 Å². The van der Waals surface area contributed by atoms with Crippen LogP contribution in [0.2, 0.25) is 0 Å². The molecule has 0 fully saturated rings. The molecule has 3 aromatic heterocycles. The lowest BCUT2D eigenvalue weighted by molar-refractivity contribution is -0.119. The summed E-state index contributed by atoms with van der Waals surface area (Å²) in [6, 6.07) is 9.87. The number of hydrogen-bond donors (Lipinski definition) is 1. The van der Waals surface area contributed by atoms with Crippen molar-refractivity contribution in [2.75, 3.05) is 5.32 Å². The zero-order valence-corrected chi connectivity index (χ0v) is 18.2. The highest BCUT2D eigenvalue weighted by Crippen LogP contribution is 2.43. The molecule has 1 aliphatic rings. The molecule has 4 aromatic rings. The molecule has 0 bridgehead atoms. The molecule has 0 atom stereocenters. The van der Waals surface area contributed by atoms with Crippen LogP contribution in [0.4, 0.5) is 15.0 Å². The second-order valence-electron chi connectivity index (χ2n) is 7.97. The van der Waals surface area contributed by atoms with E-state index in [9.17, 15) is 14.0 Å². The highest BCUT2D eigenvalue weighted by molar-refractivity contribution is 6.61. The molecule has 1 N–H and O–H groups in total. The van der Waals surface area contributed by atoms with Gasteiger partial charge in [-0.2, -0.15) is 10.1 Å². The Morgan fingerprint density at radius 3 is 2.76 bits per heavy atom. The van der Waals surface area contributed by atoms with Gasteiger partial charge in [-0.1, -0.05) is 18.2 Å². The van der Waals surface area contributed by atoms with Crippen molar-refractivity contribution in [1.29, 1.82) is 0 Å². The molecular weight excluding hydrogens is 451 g/mol. The Bertz CT molecular complexity index is 1450. The maximum atomic E-state index is 14.3. The first-order chi connectivity index (χ1) is 15.8. The number of aromatic nitrogens is 5. The van der Waals surface area contributed by atoms with Gasteiger partial charge in [0.15, 0.2) is 11.5 Å². The Morgan fingerprint density at radius 1 is 1.21 bits per heavy atom. The topological polar surface area (TPSA) is 112 Å². The Hall–Kier alpha value is -3.92. The predicted molar refractivity (Wildman–Crippen MR) is 118 cm³/mol. The Kier molecular flexibility index (Phi) is 4.82. The van der Waals surface area contributed by atoms with Crippen molar-refractivity contribution in [3.05, 3.63) is 59.5 Å². The van der Waals surface area contributed by atoms with Gasteiger partial charge < -0.3 is 10.1 Å². The van der Waals surface area contributed by atoms with E-state index in [1.807, 2.05) is 0 Å². The Labute approximate surface area is 191 Å². The van der Waals surface area contributed by atoms with Gasteiger partial charge in [0.05, 0.1) is 22.9 Å². The number of ether oxygens (including phenoxy) is 1. The Balaban J connectivity index is 1.69. The van der Waals surface area contributed by atoms with E-state index in [2.05, 4.69) is 25.4 Å². The molecule has 9 nitrogen and oxygen atoms in total. The molecule has 1 aliphatic heterocycles. The first kappa shape index (κ1) is 21.0. The lowest BCUT2D eigenvalue weighted by Crippen LogP contribution is -2.27. The SMILES string of the molecule is CC1(C)C(=O)Nc2nc(-c3nn(Cc4ccccc4F)c4ncccc34)nc(OC(=O)Cl)c21. The number of carbonyl (C=O) groups excluding carboxylic acids is 2. The molecule has 5 rings (SSSR count). The third-order valence-corrected chi connectivity index (χ3v) is 5.55. The van der Waals surface area contributed by atoms with Crippen LogP contribution >= 0.6 is 11.6 Å². The minimum Gasteiger partial charge on any atom is -0.395 e. The van der Waals surface area contributed by atoms with Gasteiger partial charge in [-0.3, -0.25) is 4.79 Å². The van der Waals surface area contributed by atoms with Crippen LogP contribution in [0.3, 0.4) is 0 Å². The third kappa shape index (κ3) is 3.48. The summed E-state index contributed by atoms with van der Waals surface area (Å²) in [4.78, 5) is 37.2. The zero-order chi connectivity index (χ0) is 23.3. The minimum absolute atomic E-state index is 0.0879. The van der Waals surface area contributed by atoms with Gasteiger partial charge in [0.25, 0.3) is 0 Å². The van der Waals surface area contributed by atoms with E-state index in [-0.39, 0.29) is 35.8 Å². The van der Waals surface area contributed by atoms with Crippen molar-refractivity contribution >= 4 is 39.8 Å². The molecule has 0 saturated heterocycles. The van der Waals surface area contributed by atoms with Gasteiger partial charge in [0.1, 0.15) is 17.3 Å². The number of nitrogens with zero attached hydrogens (tertiary/aromatic N) is 5. The van der Waals surface area contributed by atoms with Crippen LogP contribution in [-0.2, 0) is 16.8 Å². The van der Waals surface area contributed by atoms with E-state index in [1.54, 1.807) is 50.4 Å². The first-order valence-electron chi connectivity index (χ1n) is 9.92. The molecule has 11 heteroatoms. The molecule has 1 aromatic carbocycles. The molecule has 0 saturated carbocycles. The molecule has 0 spiro atoms. The summed E-state index contributed by atoms with van der Waals surface area (Å²) in [7, 11) is 0. The highest BCUT2D eigenvalue weighted by atomic mass is 35.5. The summed E-state index contributed by atoms with van der Waals surface area (Å²) in [5.41, 5.74) is -0.585. The normalized spacial score (nSPS) is 14.2. The number of amides is 1. The zero-order valence-electron chi connectivity index (χ0n) is 17.5. The second kappa shape index (κ2) is 7.59. The van der Waals surface area contributed by atoms with Gasteiger partial charge in [-0.15, -0.1) is 0 Å². The minimum atomic E-state index is -1.10. The largest absolute Gasteiger partial charge is 0.410 e. The van der Waals surface area contributed by atoms with Gasteiger partial charge >= 0.3 is 5.43 Å². The summed E-state index contributed by atoms with van der Waals surface area (Å²) in [5, 5.41) is 7.86. The van der Waals surface area contributed by atoms with Crippen LogP contribution in [0.1, 0.15) is 25.0 Å². The molecule has 166 valence electrons. The van der Waals surface area contributed by atoms with Crippen LogP contribution in [0, 0.1) is 5.82 Å². The van der Waals surface area contributed by atoms with Gasteiger partial charge in [-0.05, 0) is 32.0 Å². The number of hydrogen-bond acceptors (Lipinski definition) is 7. The average Bonchev–Trinajstić information content (AvgIpc) is 3.24. The number of carbonyl (C=O) groups is 2. The van der Waals surface area contributed by atoms with Crippen molar-refractivity contribution in [1.82, 2.24) is 24.7 Å². The molecular formula is C22H16ClFN6O3. The van der Waals surface area contributed by atoms with Gasteiger partial charge in [0.2, 0.25) is 11.8 Å². The Morgan fingerprint density at radius 2 is 2.00 bits per heavy atom. The summed E-state index contributed by atoms with van der Waals surface area (Å²) in [6.07, 6.45) is 1.60. The van der Waals surface area contributed by atoms with Crippen molar-refractivity contribution < 1.29 is 18.7 Å². The average molecular weight is 467 g/mol. The van der Waals surface area contributed by atoms with Crippen LogP contribution in [-0.4, -0.2) is 36.1 Å². The van der Waals surface area contributed by atoms with Crippen LogP contribution < -0.4 is 10.1 Å². The van der Waals surface area contributed by atoms with Crippen molar-refractivity contribution in [3.63, 3.8) is 0 Å². The van der Waals surface area contributed by atoms with Gasteiger partial charge in [-0.25, -0.2) is 23.8 Å². The van der Waals surface area contributed by atoms with E-state index >= 15 is 0 Å². The third-order valence-electron chi connectivity index (χ3n) is 5.47. The number of benzene rings is 1. The number of halogens is 2. The number of pyridine rings is 1. The van der Waals surface area contributed by atoms with Crippen molar-refractivity contribution in [2.45, 2.75) is 25.8 Å². The van der Waals surface area contributed by atoms with Gasteiger partial charge in [0, 0.05) is 23.4 Å². The molecule has 0 radical (unpaired) electrons. The summed E-state index contributed by atoms with van der Waals surface area (Å²) in [6.45, 7) is 3.44. The highest BCUT2D eigenvalue weighted by Gasteiger charge is 2.44.